The lowest BCUT2D eigenvalue weighted by Gasteiger charge is -2.59. The lowest BCUT2D eigenvalue weighted by molar-refractivity contribution is -0.0552. The maximum absolute atomic E-state index is 12.5. The quantitative estimate of drug-likeness (QED) is 0.845. The number of benzene rings is 1. The average Bonchev–Trinajstić information content (AvgIpc) is 2.75. The zero-order valence-corrected chi connectivity index (χ0v) is 13.8. The maximum Gasteiger partial charge on any atom is 0.265 e. The molecule has 1 saturated heterocycles. The molecule has 2 aliphatic rings. The Kier molecular flexibility index (Phi) is 3.12. The van der Waals surface area contributed by atoms with Gasteiger partial charge < -0.3 is 4.90 Å². The Morgan fingerprint density at radius 2 is 1.91 bits per heavy atom. The van der Waals surface area contributed by atoms with Crippen molar-refractivity contribution < 1.29 is 4.79 Å². The van der Waals surface area contributed by atoms with Gasteiger partial charge in [0.25, 0.3) is 5.91 Å². The minimum Gasteiger partial charge on any atom is -0.337 e. The van der Waals surface area contributed by atoms with Crippen molar-refractivity contribution in [2.45, 2.75) is 32.6 Å². The highest BCUT2D eigenvalue weighted by Gasteiger charge is 2.54. The standard InChI is InChI=1S/C18H20N2OS/c1-12-16(22-13(2)19-12)17(21)20-10-18(11-20)8-15(9-18)14-6-4-3-5-7-14/h3-7,15H,8-11H2,1-2H3. The van der Waals surface area contributed by atoms with E-state index in [-0.39, 0.29) is 5.91 Å². The summed E-state index contributed by atoms with van der Waals surface area (Å²) in [5, 5.41) is 0.976. The third kappa shape index (κ3) is 2.17. The molecule has 1 aliphatic carbocycles. The number of likely N-dealkylation sites (tertiary alicyclic amines) is 1. The highest BCUT2D eigenvalue weighted by Crippen LogP contribution is 2.56. The molecule has 2 heterocycles. The molecule has 0 bridgehead atoms. The molecular formula is C18H20N2OS. The van der Waals surface area contributed by atoms with Gasteiger partial charge in [0, 0.05) is 18.5 Å². The van der Waals surface area contributed by atoms with Crippen molar-refractivity contribution in [2.75, 3.05) is 13.1 Å². The number of nitrogens with zero attached hydrogens (tertiary/aromatic N) is 2. The third-order valence-electron chi connectivity index (χ3n) is 5.07. The van der Waals surface area contributed by atoms with Crippen LogP contribution in [0.3, 0.4) is 0 Å². The van der Waals surface area contributed by atoms with Crippen LogP contribution in [0.15, 0.2) is 30.3 Å². The van der Waals surface area contributed by atoms with Gasteiger partial charge in [0.15, 0.2) is 0 Å². The van der Waals surface area contributed by atoms with E-state index in [1.54, 1.807) is 0 Å². The second kappa shape index (κ2) is 4.92. The van der Waals surface area contributed by atoms with Gasteiger partial charge in [-0.3, -0.25) is 4.79 Å². The fourth-order valence-corrected chi connectivity index (χ4v) is 4.87. The van der Waals surface area contributed by atoms with Crippen LogP contribution in [-0.4, -0.2) is 28.9 Å². The van der Waals surface area contributed by atoms with Crippen LogP contribution in [0.2, 0.25) is 0 Å². The van der Waals surface area contributed by atoms with Crippen molar-refractivity contribution in [1.29, 1.82) is 0 Å². The van der Waals surface area contributed by atoms with Gasteiger partial charge in [0.2, 0.25) is 0 Å². The average molecular weight is 312 g/mol. The number of amides is 1. The number of aryl methyl sites for hydroxylation is 2. The highest BCUT2D eigenvalue weighted by molar-refractivity contribution is 7.13. The number of rotatable bonds is 2. The summed E-state index contributed by atoms with van der Waals surface area (Å²) in [5.41, 5.74) is 2.72. The summed E-state index contributed by atoms with van der Waals surface area (Å²) in [5.74, 6) is 0.864. The molecule has 1 spiro atoms. The second-order valence-corrected chi connectivity index (χ2v) is 8.03. The molecule has 0 unspecified atom stereocenters. The number of aromatic nitrogens is 1. The number of carbonyl (C=O) groups excluding carboxylic acids is 1. The molecule has 22 heavy (non-hydrogen) atoms. The lowest BCUT2D eigenvalue weighted by Crippen LogP contribution is -2.63. The van der Waals surface area contributed by atoms with Crippen LogP contribution in [0, 0.1) is 19.3 Å². The lowest BCUT2D eigenvalue weighted by atomic mass is 9.56. The monoisotopic (exact) mass is 312 g/mol. The molecule has 0 N–H and O–H groups in total. The highest BCUT2D eigenvalue weighted by atomic mass is 32.1. The van der Waals surface area contributed by atoms with Gasteiger partial charge in [0.1, 0.15) is 4.88 Å². The zero-order chi connectivity index (χ0) is 15.3. The zero-order valence-electron chi connectivity index (χ0n) is 13.0. The SMILES string of the molecule is Cc1nc(C)c(C(=O)N2CC3(CC(c4ccccc4)C3)C2)s1. The second-order valence-electron chi connectivity index (χ2n) is 6.82. The molecule has 0 radical (unpaired) electrons. The molecule has 1 aliphatic heterocycles. The van der Waals surface area contributed by atoms with Crippen LogP contribution in [0.5, 0.6) is 0 Å². The molecule has 4 rings (SSSR count). The van der Waals surface area contributed by atoms with Crippen molar-refractivity contribution in [3.63, 3.8) is 0 Å². The van der Waals surface area contributed by atoms with Crippen LogP contribution >= 0.6 is 11.3 Å². The summed E-state index contributed by atoms with van der Waals surface area (Å²) in [6.45, 7) is 5.74. The van der Waals surface area contributed by atoms with Crippen LogP contribution in [0.4, 0.5) is 0 Å². The Morgan fingerprint density at radius 3 is 2.50 bits per heavy atom. The van der Waals surface area contributed by atoms with E-state index in [4.69, 9.17) is 0 Å². The summed E-state index contributed by atoms with van der Waals surface area (Å²) >= 11 is 1.52. The predicted octanol–water partition coefficient (Wildman–Crippen LogP) is 3.78. The Morgan fingerprint density at radius 1 is 1.23 bits per heavy atom. The normalized spacial score (nSPS) is 19.8. The fourth-order valence-electron chi connectivity index (χ4n) is 3.99. The summed E-state index contributed by atoms with van der Waals surface area (Å²) in [6.07, 6.45) is 2.45. The first-order valence-corrected chi connectivity index (χ1v) is 8.66. The van der Waals surface area contributed by atoms with Gasteiger partial charge in [-0.1, -0.05) is 30.3 Å². The summed E-state index contributed by atoms with van der Waals surface area (Å²) < 4.78 is 0. The smallest absolute Gasteiger partial charge is 0.265 e. The number of carbonyl (C=O) groups is 1. The van der Waals surface area contributed by atoms with E-state index in [1.165, 1.54) is 29.7 Å². The Bertz CT molecular complexity index is 708. The summed E-state index contributed by atoms with van der Waals surface area (Å²) in [4.78, 5) is 19.7. The number of hydrogen-bond acceptors (Lipinski definition) is 3. The molecule has 4 heteroatoms. The van der Waals surface area contributed by atoms with Gasteiger partial charge in [-0.25, -0.2) is 4.98 Å². The fraction of sp³-hybridized carbons (Fsp3) is 0.444. The summed E-state index contributed by atoms with van der Waals surface area (Å²) in [7, 11) is 0. The maximum atomic E-state index is 12.5. The van der Waals surface area contributed by atoms with Crippen molar-refractivity contribution in [2.24, 2.45) is 5.41 Å². The van der Waals surface area contributed by atoms with E-state index in [9.17, 15) is 4.79 Å². The predicted molar refractivity (Wildman–Crippen MR) is 88.3 cm³/mol. The third-order valence-corrected chi connectivity index (χ3v) is 6.13. The van der Waals surface area contributed by atoms with E-state index in [0.29, 0.717) is 11.3 Å². The molecule has 2 aromatic rings. The van der Waals surface area contributed by atoms with Gasteiger partial charge in [0.05, 0.1) is 10.7 Å². The topological polar surface area (TPSA) is 33.2 Å². The van der Waals surface area contributed by atoms with E-state index in [2.05, 4.69) is 35.3 Å². The van der Waals surface area contributed by atoms with Crippen LogP contribution < -0.4 is 0 Å². The van der Waals surface area contributed by atoms with Gasteiger partial charge in [-0.05, 0) is 38.2 Å². The largest absolute Gasteiger partial charge is 0.337 e. The molecule has 3 nitrogen and oxygen atoms in total. The molecular weight excluding hydrogens is 292 g/mol. The Hall–Kier alpha value is -1.68. The summed E-state index contributed by atoms with van der Waals surface area (Å²) in [6, 6.07) is 10.8. The molecule has 114 valence electrons. The van der Waals surface area contributed by atoms with Crippen molar-refractivity contribution in [3.8, 4) is 0 Å². The van der Waals surface area contributed by atoms with E-state index >= 15 is 0 Å². The minimum absolute atomic E-state index is 0.178. The van der Waals surface area contributed by atoms with Gasteiger partial charge in [-0.15, -0.1) is 11.3 Å². The van der Waals surface area contributed by atoms with Crippen LogP contribution in [0.25, 0.3) is 0 Å². The molecule has 2 fully saturated rings. The van der Waals surface area contributed by atoms with Crippen molar-refractivity contribution >= 4 is 17.2 Å². The number of hydrogen-bond donors (Lipinski definition) is 0. The van der Waals surface area contributed by atoms with E-state index in [0.717, 1.165) is 28.7 Å². The van der Waals surface area contributed by atoms with Crippen LogP contribution in [0.1, 0.15) is 44.7 Å². The molecule has 1 saturated carbocycles. The first kappa shape index (κ1) is 13.9. The van der Waals surface area contributed by atoms with Crippen molar-refractivity contribution in [1.82, 2.24) is 9.88 Å². The van der Waals surface area contributed by atoms with Crippen molar-refractivity contribution in [3.05, 3.63) is 51.5 Å². The molecule has 0 atom stereocenters. The first-order valence-electron chi connectivity index (χ1n) is 7.85. The van der Waals surface area contributed by atoms with Gasteiger partial charge in [-0.2, -0.15) is 0 Å². The van der Waals surface area contributed by atoms with E-state index < -0.39 is 0 Å². The Balaban J connectivity index is 1.37. The Labute approximate surface area is 135 Å². The van der Waals surface area contributed by atoms with E-state index in [1.807, 2.05) is 18.7 Å². The molecule has 1 amide bonds. The van der Waals surface area contributed by atoms with Crippen LogP contribution in [-0.2, 0) is 0 Å². The minimum atomic E-state index is 0.178. The molecule has 1 aromatic carbocycles. The molecule has 1 aromatic heterocycles. The van der Waals surface area contributed by atoms with Gasteiger partial charge >= 0.3 is 0 Å². The number of thiazole rings is 1. The first-order chi connectivity index (χ1) is 10.6.